The number of furan rings is 1. The Balaban J connectivity index is 0.00000240. The monoisotopic (exact) mass is 508 g/mol. The summed E-state index contributed by atoms with van der Waals surface area (Å²) in [6.07, 6.45) is 7.50. The van der Waals surface area contributed by atoms with Gasteiger partial charge < -0.3 is 14.6 Å². The van der Waals surface area contributed by atoms with Gasteiger partial charge in [-0.3, -0.25) is 9.89 Å². The molecule has 29 heavy (non-hydrogen) atoms. The molecule has 0 amide bonds. The molecule has 2 aliphatic rings. The average Bonchev–Trinajstić information content (AvgIpc) is 3.44. The maximum Gasteiger partial charge on any atom is 0.194 e. The van der Waals surface area contributed by atoms with Gasteiger partial charge in [-0.25, -0.2) is 0 Å². The number of aliphatic imine (C=N–C) groups is 1. The Morgan fingerprint density at radius 2 is 1.76 bits per heavy atom. The Bertz CT molecular complexity index is 721. The SMILES string of the molecule is I.c1ccc(CN2CCC(NC(=NCCc3ccco3)N3CCCC3)CC2)cc1. The van der Waals surface area contributed by atoms with Crippen molar-refractivity contribution in [3.63, 3.8) is 0 Å². The van der Waals surface area contributed by atoms with Gasteiger partial charge in [-0.15, -0.1) is 24.0 Å². The molecule has 5 nitrogen and oxygen atoms in total. The molecule has 0 saturated carbocycles. The average molecular weight is 508 g/mol. The van der Waals surface area contributed by atoms with Crippen LogP contribution in [0.5, 0.6) is 0 Å². The number of halogens is 1. The smallest absolute Gasteiger partial charge is 0.194 e. The molecule has 2 fully saturated rings. The molecule has 0 unspecified atom stereocenters. The molecule has 0 spiro atoms. The first-order valence-electron chi connectivity index (χ1n) is 10.7. The molecule has 0 aliphatic carbocycles. The largest absolute Gasteiger partial charge is 0.469 e. The highest BCUT2D eigenvalue weighted by Gasteiger charge is 2.23. The van der Waals surface area contributed by atoms with E-state index in [0.29, 0.717) is 6.04 Å². The van der Waals surface area contributed by atoms with Crippen LogP contribution in [0.1, 0.15) is 37.0 Å². The molecule has 2 aromatic rings. The fraction of sp³-hybridized carbons (Fsp3) is 0.522. The summed E-state index contributed by atoms with van der Waals surface area (Å²) < 4.78 is 5.44. The number of benzene rings is 1. The summed E-state index contributed by atoms with van der Waals surface area (Å²) in [4.78, 5) is 9.91. The molecule has 0 bridgehead atoms. The minimum Gasteiger partial charge on any atom is -0.469 e. The minimum atomic E-state index is 0. The quantitative estimate of drug-likeness (QED) is 0.362. The molecular weight excluding hydrogens is 475 g/mol. The van der Waals surface area contributed by atoms with Gasteiger partial charge in [0.1, 0.15) is 5.76 Å². The second kappa shape index (κ2) is 11.6. The van der Waals surface area contributed by atoms with Crippen LogP contribution in [0.2, 0.25) is 0 Å². The predicted molar refractivity (Wildman–Crippen MR) is 129 cm³/mol. The van der Waals surface area contributed by atoms with E-state index in [9.17, 15) is 0 Å². The van der Waals surface area contributed by atoms with E-state index in [1.165, 1.54) is 31.2 Å². The maximum absolute atomic E-state index is 5.44. The molecule has 158 valence electrons. The Labute approximate surface area is 191 Å². The first-order valence-corrected chi connectivity index (χ1v) is 10.7. The van der Waals surface area contributed by atoms with Crippen LogP contribution in [0.4, 0.5) is 0 Å². The second-order valence-corrected chi connectivity index (χ2v) is 7.91. The maximum atomic E-state index is 5.44. The lowest BCUT2D eigenvalue weighted by atomic mass is 10.0. The number of hydrogen-bond donors (Lipinski definition) is 1. The summed E-state index contributed by atoms with van der Waals surface area (Å²) in [5.41, 5.74) is 1.41. The number of likely N-dealkylation sites (tertiary alicyclic amines) is 2. The van der Waals surface area contributed by atoms with E-state index in [1.807, 2.05) is 12.1 Å². The van der Waals surface area contributed by atoms with Crippen LogP contribution < -0.4 is 5.32 Å². The van der Waals surface area contributed by atoms with Crippen LogP contribution in [0.3, 0.4) is 0 Å². The molecular formula is C23H33IN4O. The van der Waals surface area contributed by atoms with Crippen molar-refractivity contribution in [1.29, 1.82) is 0 Å². The fourth-order valence-electron chi connectivity index (χ4n) is 4.15. The number of rotatable bonds is 6. The highest BCUT2D eigenvalue weighted by Crippen LogP contribution is 2.15. The van der Waals surface area contributed by atoms with Crippen LogP contribution >= 0.6 is 24.0 Å². The van der Waals surface area contributed by atoms with Crippen molar-refractivity contribution in [3.8, 4) is 0 Å². The zero-order valence-corrected chi connectivity index (χ0v) is 19.5. The van der Waals surface area contributed by atoms with Gasteiger partial charge in [0.25, 0.3) is 0 Å². The van der Waals surface area contributed by atoms with Crippen LogP contribution in [0.25, 0.3) is 0 Å². The molecule has 3 heterocycles. The Morgan fingerprint density at radius 1 is 1.00 bits per heavy atom. The Morgan fingerprint density at radius 3 is 2.45 bits per heavy atom. The Hall–Kier alpha value is -1.54. The van der Waals surface area contributed by atoms with E-state index >= 15 is 0 Å². The normalized spacial score (nSPS) is 18.6. The number of nitrogens with zero attached hydrogens (tertiary/aromatic N) is 3. The molecule has 0 atom stereocenters. The van der Waals surface area contributed by atoms with Gasteiger partial charge in [0.2, 0.25) is 0 Å². The molecule has 0 radical (unpaired) electrons. The van der Waals surface area contributed by atoms with Gasteiger partial charge in [0.15, 0.2) is 5.96 Å². The topological polar surface area (TPSA) is 44.0 Å². The summed E-state index contributed by atoms with van der Waals surface area (Å²) in [5, 5.41) is 3.78. The number of piperidine rings is 1. The first-order chi connectivity index (χ1) is 13.9. The number of nitrogens with one attached hydrogen (secondary N) is 1. The zero-order valence-electron chi connectivity index (χ0n) is 17.1. The summed E-state index contributed by atoms with van der Waals surface area (Å²) in [7, 11) is 0. The first kappa shape index (κ1) is 22.2. The lowest BCUT2D eigenvalue weighted by molar-refractivity contribution is 0.197. The Kier molecular flexibility index (Phi) is 8.86. The highest BCUT2D eigenvalue weighted by molar-refractivity contribution is 14.0. The van der Waals surface area contributed by atoms with E-state index in [-0.39, 0.29) is 24.0 Å². The zero-order chi connectivity index (χ0) is 19.0. The molecule has 1 N–H and O–H groups in total. The van der Waals surface area contributed by atoms with E-state index in [4.69, 9.17) is 9.41 Å². The van der Waals surface area contributed by atoms with Crippen molar-refractivity contribution >= 4 is 29.9 Å². The van der Waals surface area contributed by atoms with Gasteiger partial charge in [0, 0.05) is 51.7 Å². The second-order valence-electron chi connectivity index (χ2n) is 7.91. The fourth-order valence-corrected chi connectivity index (χ4v) is 4.15. The van der Waals surface area contributed by atoms with E-state index in [2.05, 4.69) is 45.4 Å². The van der Waals surface area contributed by atoms with E-state index in [1.54, 1.807) is 6.26 Å². The lowest BCUT2D eigenvalue weighted by Gasteiger charge is -2.34. The van der Waals surface area contributed by atoms with Crippen molar-refractivity contribution in [2.75, 3.05) is 32.7 Å². The van der Waals surface area contributed by atoms with Gasteiger partial charge in [-0.2, -0.15) is 0 Å². The molecule has 1 aromatic heterocycles. The van der Waals surface area contributed by atoms with Crippen LogP contribution in [-0.2, 0) is 13.0 Å². The third-order valence-electron chi connectivity index (χ3n) is 5.78. The van der Waals surface area contributed by atoms with Crippen LogP contribution in [-0.4, -0.2) is 54.5 Å². The van der Waals surface area contributed by atoms with E-state index < -0.39 is 0 Å². The standard InChI is InChI=1S/C23H32N4O.HI/c1-2-7-20(8-3-1)19-26-16-11-21(12-17-26)25-23(27-14-4-5-15-27)24-13-10-22-9-6-18-28-22;/h1-3,6-9,18,21H,4-5,10-17,19H2,(H,24,25);1H. The number of hydrogen-bond acceptors (Lipinski definition) is 3. The van der Waals surface area contributed by atoms with Crippen molar-refractivity contribution in [1.82, 2.24) is 15.1 Å². The highest BCUT2D eigenvalue weighted by atomic mass is 127. The summed E-state index contributed by atoms with van der Waals surface area (Å²) in [5.74, 6) is 2.12. The predicted octanol–water partition coefficient (Wildman–Crippen LogP) is 4.15. The molecule has 2 saturated heterocycles. The minimum absolute atomic E-state index is 0. The van der Waals surface area contributed by atoms with Crippen LogP contribution in [0.15, 0.2) is 58.1 Å². The van der Waals surface area contributed by atoms with Gasteiger partial charge in [0.05, 0.1) is 6.26 Å². The molecule has 2 aliphatic heterocycles. The van der Waals surface area contributed by atoms with Crippen molar-refractivity contribution < 1.29 is 4.42 Å². The van der Waals surface area contributed by atoms with Crippen molar-refractivity contribution in [2.24, 2.45) is 4.99 Å². The third kappa shape index (κ3) is 6.74. The van der Waals surface area contributed by atoms with Crippen molar-refractivity contribution in [2.45, 2.75) is 44.7 Å². The lowest BCUT2D eigenvalue weighted by Crippen LogP contribution is -2.49. The van der Waals surface area contributed by atoms with Gasteiger partial charge in [-0.05, 0) is 43.4 Å². The van der Waals surface area contributed by atoms with E-state index in [0.717, 1.165) is 57.4 Å². The summed E-state index contributed by atoms with van der Waals surface area (Å²) in [6.45, 7) is 6.38. The molecule has 1 aromatic carbocycles. The molecule has 4 rings (SSSR count). The number of guanidine groups is 1. The van der Waals surface area contributed by atoms with Crippen molar-refractivity contribution in [3.05, 3.63) is 60.1 Å². The van der Waals surface area contributed by atoms with Gasteiger partial charge in [-0.1, -0.05) is 30.3 Å². The molecule has 6 heteroatoms. The van der Waals surface area contributed by atoms with Crippen LogP contribution in [0, 0.1) is 0 Å². The summed E-state index contributed by atoms with van der Waals surface area (Å²) >= 11 is 0. The van der Waals surface area contributed by atoms with Gasteiger partial charge >= 0.3 is 0 Å². The third-order valence-corrected chi connectivity index (χ3v) is 5.78. The summed E-state index contributed by atoms with van der Waals surface area (Å²) in [6, 6.07) is 15.3.